The molecule has 0 spiro atoms. The van der Waals surface area contributed by atoms with Gasteiger partial charge in [-0.25, -0.2) is 9.98 Å². The zero-order valence-corrected chi connectivity index (χ0v) is 18.6. The fourth-order valence-electron chi connectivity index (χ4n) is 3.88. The highest BCUT2D eigenvalue weighted by Gasteiger charge is 2.21. The molecule has 1 fully saturated rings. The smallest absolute Gasteiger partial charge is 0.208 e. The highest BCUT2D eigenvalue weighted by molar-refractivity contribution is 5.79. The van der Waals surface area contributed by atoms with Gasteiger partial charge in [0, 0.05) is 19.3 Å². The van der Waals surface area contributed by atoms with E-state index >= 15 is 0 Å². The van der Waals surface area contributed by atoms with E-state index in [9.17, 15) is 0 Å². The van der Waals surface area contributed by atoms with E-state index in [1.165, 1.54) is 0 Å². The summed E-state index contributed by atoms with van der Waals surface area (Å²) in [6.45, 7) is 11.2. The van der Waals surface area contributed by atoms with Crippen molar-refractivity contribution < 1.29 is 4.42 Å². The van der Waals surface area contributed by atoms with Gasteiger partial charge in [-0.15, -0.1) is 10.2 Å². The van der Waals surface area contributed by atoms with Gasteiger partial charge >= 0.3 is 0 Å². The lowest BCUT2D eigenvalue weighted by Gasteiger charge is -2.31. The van der Waals surface area contributed by atoms with Crippen molar-refractivity contribution in [2.75, 3.05) is 26.2 Å². The van der Waals surface area contributed by atoms with Gasteiger partial charge in [0.2, 0.25) is 5.89 Å². The molecule has 9 nitrogen and oxygen atoms in total. The Hall–Kier alpha value is -2.94. The number of rotatable bonds is 7. The normalized spacial score (nSPS) is 16.2. The van der Waals surface area contributed by atoms with Gasteiger partial charge in [-0.05, 0) is 64.8 Å². The van der Waals surface area contributed by atoms with Crippen molar-refractivity contribution in [2.24, 2.45) is 10.9 Å². The van der Waals surface area contributed by atoms with E-state index in [1.807, 2.05) is 42.6 Å². The number of hydrogen-bond acceptors (Lipinski definition) is 6. The van der Waals surface area contributed by atoms with E-state index in [4.69, 9.17) is 9.41 Å². The zero-order valence-electron chi connectivity index (χ0n) is 18.6. The van der Waals surface area contributed by atoms with Gasteiger partial charge < -0.3 is 15.1 Å². The summed E-state index contributed by atoms with van der Waals surface area (Å²) in [7, 11) is 0. The van der Waals surface area contributed by atoms with Crippen LogP contribution in [0.1, 0.15) is 42.9 Å². The van der Waals surface area contributed by atoms with Crippen LogP contribution in [0.2, 0.25) is 0 Å². The number of nitrogens with zero attached hydrogens (tertiary/aromatic N) is 6. The molecular weight excluding hydrogens is 392 g/mol. The van der Waals surface area contributed by atoms with Crippen LogP contribution in [0.3, 0.4) is 0 Å². The van der Waals surface area contributed by atoms with Crippen molar-refractivity contribution >= 4 is 11.6 Å². The summed E-state index contributed by atoms with van der Waals surface area (Å²) in [6, 6.07) is 5.88. The number of pyridine rings is 1. The Morgan fingerprint density at radius 1 is 1.19 bits per heavy atom. The van der Waals surface area contributed by atoms with Crippen LogP contribution in [-0.4, -0.2) is 56.6 Å². The monoisotopic (exact) mass is 424 g/mol. The molecular formula is C22H32N8O. The van der Waals surface area contributed by atoms with Crippen LogP contribution in [0.5, 0.6) is 0 Å². The van der Waals surface area contributed by atoms with Crippen LogP contribution in [-0.2, 0) is 13.1 Å². The van der Waals surface area contributed by atoms with Crippen LogP contribution in [0.15, 0.2) is 33.8 Å². The second kappa shape index (κ2) is 9.91. The Bertz CT molecular complexity index is 996. The first-order chi connectivity index (χ1) is 15.1. The Kier molecular flexibility index (Phi) is 6.81. The number of piperidine rings is 1. The first-order valence-corrected chi connectivity index (χ1v) is 11.1. The minimum Gasteiger partial charge on any atom is -0.444 e. The molecule has 3 aromatic rings. The van der Waals surface area contributed by atoms with Gasteiger partial charge in [-0.2, -0.15) is 0 Å². The van der Waals surface area contributed by atoms with E-state index in [-0.39, 0.29) is 0 Å². The molecule has 9 heteroatoms. The Labute approximate surface area is 183 Å². The highest BCUT2D eigenvalue weighted by Crippen LogP contribution is 2.19. The van der Waals surface area contributed by atoms with Crippen LogP contribution < -0.4 is 10.6 Å². The first kappa shape index (κ1) is 21.3. The van der Waals surface area contributed by atoms with Crippen LogP contribution in [0.25, 0.3) is 5.65 Å². The molecule has 0 saturated carbocycles. The molecule has 1 saturated heterocycles. The summed E-state index contributed by atoms with van der Waals surface area (Å²) < 4.78 is 7.71. The Morgan fingerprint density at radius 3 is 2.77 bits per heavy atom. The predicted molar refractivity (Wildman–Crippen MR) is 120 cm³/mol. The van der Waals surface area contributed by atoms with E-state index in [1.54, 1.807) is 0 Å². The number of hydrogen-bond donors (Lipinski definition) is 2. The summed E-state index contributed by atoms with van der Waals surface area (Å²) >= 11 is 0. The Balaban J connectivity index is 1.26. The van der Waals surface area contributed by atoms with Crippen molar-refractivity contribution in [1.82, 2.24) is 35.1 Å². The van der Waals surface area contributed by atoms with Gasteiger partial charge in [-0.1, -0.05) is 6.07 Å². The van der Waals surface area contributed by atoms with E-state index < -0.39 is 0 Å². The standard InChI is InChI=1S/C22H32N8O/c1-4-23-22(25-14-20-28-27-19-7-5-6-10-30(19)20)24-13-18-8-11-29(12-9-18)15-21-26-16(2)17(3)31-21/h5-7,10,18H,4,8-9,11-15H2,1-3H3,(H2,23,24,25). The number of guanidine groups is 1. The quantitative estimate of drug-likeness (QED) is 0.444. The number of likely N-dealkylation sites (tertiary alicyclic amines) is 1. The molecule has 0 radical (unpaired) electrons. The average Bonchev–Trinajstić information content (AvgIpc) is 3.33. The third kappa shape index (κ3) is 5.41. The molecule has 0 bridgehead atoms. The molecule has 1 aliphatic rings. The van der Waals surface area contributed by atoms with Gasteiger partial charge in [0.1, 0.15) is 12.3 Å². The van der Waals surface area contributed by atoms with E-state index in [0.29, 0.717) is 12.5 Å². The van der Waals surface area contributed by atoms with E-state index in [0.717, 1.165) is 80.3 Å². The van der Waals surface area contributed by atoms with Crippen molar-refractivity contribution in [3.63, 3.8) is 0 Å². The lowest BCUT2D eigenvalue weighted by Crippen LogP contribution is -2.42. The molecule has 0 aliphatic carbocycles. The SMILES string of the molecule is CCNC(=NCc1nnc2ccccn12)NCC1CCN(Cc2nc(C)c(C)o2)CC1. The summed E-state index contributed by atoms with van der Waals surface area (Å²) in [5.41, 5.74) is 1.83. The molecule has 0 atom stereocenters. The lowest BCUT2D eigenvalue weighted by atomic mass is 9.97. The predicted octanol–water partition coefficient (Wildman–Crippen LogP) is 2.30. The lowest BCUT2D eigenvalue weighted by molar-refractivity contribution is 0.164. The van der Waals surface area contributed by atoms with Gasteiger partial charge in [0.25, 0.3) is 0 Å². The largest absolute Gasteiger partial charge is 0.444 e. The van der Waals surface area contributed by atoms with Crippen molar-refractivity contribution in [3.05, 3.63) is 47.6 Å². The topological polar surface area (TPSA) is 95.9 Å². The van der Waals surface area contributed by atoms with Gasteiger partial charge in [0.15, 0.2) is 17.4 Å². The number of aliphatic imine (C=N–C) groups is 1. The van der Waals surface area contributed by atoms with Crippen molar-refractivity contribution in [3.8, 4) is 0 Å². The van der Waals surface area contributed by atoms with Crippen LogP contribution >= 0.6 is 0 Å². The minimum atomic E-state index is 0.480. The second-order valence-corrected chi connectivity index (χ2v) is 8.09. The highest BCUT2D eigenvalue weighted by atomic mass is 16.4. The molecule has 0 unspecified atom stereocenters. The molecule has 31 heavy (non-hydrogen) atoms. The molecule has 0 aromatic carbocycles. The second-order valence-electron chi connectivity index (χ2n) is 8.09. The Morgan fingerprint density at radius 2 is 2.03 bits per heavy atom. The molecule has 4 heterocycles. The number of aryl methyl sites for hydroxylation is 2. The molecule has 2 N–H and O–H groups in total. The number of fused-ring (bicyclic) bond motifs is 1. The summed E-state index contributed by atoms with van der Waals surface area (Å²) in [5, 5.41) is 15.3. The number of nitrogens with one attached hydrogen (secondary N) is 2. The number of aromatic nitrogens is 4. The molecule has 4 rings (SSSR count). The third-order valence-electron chi connectivity index (χ3n) is 5.80. The average molecular weight is 425 g/mol. The van der Waals surface area contributed by atoms with Gasteiger partial charge in [0.05, 0.1) is 12.2 Å². The molecule has 1 aliphatic heterocycles. The van der Waals surface area contributed by atoms with Gasteiger partial charge in [-0.3, -0.25) is 9.30 Å². The maximum Gasteiger partial charge on any atom is 0.208 e. The summed E-state index contributed by atoms with van der Waals surface area (Å²) in [4.78, 5) is 11.6. The maximum absolute atomic E-state index is 5.73. The first-order valence-electron chi connectivity index (χ1n) is 11.1. The van der Waals surface area contributed by atoms with Crippen LogP contribution in [0.4, 0.5) is 0 Å². The number of oxazole rings is 1. The molecule has 166 valence electrons. The zero-order chi connectivity index (χ0) is 21.6. The summed E-state index contributed by atoms with van der Waals surface area (Å²) in [6.07, 6.45) is 4.27. The maximum atomic E-state index is 5.73. The minimum absolute atomic E-state index is 0.480. The third-order valence-corrected chi connectivity index (χ3v) is 5.80. The van der Waals surface area contributed by atoms with Crippen LogP contribution in [0, 0.1) is 19.8 Å². The van der Waals surface area contributed by atoms with Crippen molar-refractivity contribution in [1.29, 1.82) is 0 Å². The fraction of sp³-hybridized carbons (Fsp3) is 0.545. The van der Waals surface area contributed by atoms with Crippen molar-refractivity contribution in [2.45, 2.75) is 46.7 Å². The fourth-order valence-corrected chi connectivity index (χ4v) is 3.88. The summed E-state index contributed by atoms with van der Waals surface area (Å²) in [5.74, 6) is 4.03. The molecule has 3 aromatic heterocycles. The van der Waals surface area contributed by atoms with E-state index in [2.05, 4.69) is 37.6 Å². The molecule has 0 amide bonds.